The Morgan fingerprint density at radius 2 is 1.74 bits per heavy atom. The number of furan rings is 1. The summed E-state index contributed by atoms with van der Waals surface area (Å²) in [6.07, 6.45) is 1.40. The average molecular weight is 408 g/mol. The molecule has 0 aromatic carbocycles. The molecule has 0 atom stereocenters. The van der Waals surface area contributed by atoms with E-state index in [1.54, 1.807) is 6.07 Å². The Labute approximate surface area is 131 Å². The first-order valence-electron chi connectivity index (χ1n) is 5.09. The maximum atomic E-state index is 12.0. The second-order valence-electron chi connectivity index (χ2n) is 3.84. The number of carbonyl (C=O) groups is 2. The van der Waals surface area contributed by atoms with E-state index in [9.17, 15) is 9.59 Å². The second kappa shape index (κ2) is 5.18. The molecule has 0 radical (unpaired) electrons. The van der Waals surface area contributed by atoms with Gasteiger partial charge in [-0.3, -0.25) is 19.4 Å². The molecule has 1 aliphatic heterocycles. The summed E-state index contributed by atoms with van der Waals surface area (Å²) >= 11 is 11.4. The third-order valence-corrected chi connectivity index (χ3v) is 4.85. The maximum Gasteiger partial charge on any atom is 0.265 e. The molecule has 2 rings (SSSR count). The number of thiocarbonyl (C=S) groups is 1. The number of amides is 2. The first kappa shape index (κ1) is 14.4. The van der Waals surface area contributed by atoms with Crippen LogP contribution >= 0.6 is 44.1 Å². The normalized spacial score (nSPS) is 16.4. The number of hydrogen-bond acceptors (Lipinski definition) is 4. The summed E-state index contributed by atoms with van der Waals surface area (Å²) in [4.78, 5) is 26.6. The maximum absolute atomic E-state index is 12.0. The van der Waals surface area contributed by atoms with Crippen molar-refractivity contribution in [3.8, 4) is 0 Å². The molecule has 1 fully saturated rings. The smallest absolute Gasteiger partial charge is 0.265 e. The van der Waals surface area contributed by atoms with E-state index in [4.69, 9.17) is 16.6 Å². The SMILES string of the molecule is CN1C(=O)C(=Cc2cc(Br)c(Br)o2)C(=O)N(C)C1=S. The molecule has 1 aliphatic rings. The summed E-state index contributed by atoms with van der Waals surface area (Å²) < 4.78 is 6.52. The van der Waals surface area contributed by atoms with Gasteiger partial charge in [0.25, 0.3) is 11.8 Å². The van der Waals surface area contributed by atoms with Crippen LogP contribution in [0.3, 0.4) is 0 Å². The van der Waals surface area contributed by atoms with Crippen molar-refractivity contribution >= 4 is 67.1 Å². The molecular weight excluding hydrogens is 400 g/mol. The van der Waals surface area contributed by atoms with Crippen LogP contribution in [0.5, 0.6) is 0 Å². The minimum absolute atomic E-state index is 0.00681. The van der Waals surface area contributed by atoms with E-state index in [-0.39, 0.29) is 10.7 Å². The average Bonchev–Trinajstić information content (AvgIpc) is 2.69. The Hall–Kier alpha value is -0.990. The molecule has 100 valence electrons. The van der Waals surface area contributed by atoms with Crippen LogP contribution in [-0.2, 0) is 9.59 Å². The van der Waals surface area contributed by atoms with E-state index in [2.05, 4.69) is 31.9 Å². The molecule has 0 aliphatic carbocycles. The summed E-state index contributed by atoms with van der Waals surface area (Å²) in [6, 6.07) is 1.66. The van der Waals surface area contributed by atoms with Gasteiger partial charge in [-0.1, -0.05) is 0 Å². The van der Waals surface area contributed by atoms with Crippen LogP contribution in [0, 0.1) is 0 Å². The number of likely N-dealkylation sites (N-methyl/N-ethyl adjacent to an activating group) is 2. The van der Waals surface area contributed by atoms with Gasteiger partial charge in [-0.15, -0.1) is 0 Å². The minimum atomic E-state index is -0.447. The zero-order chi connectivity index (χ0) is 14.3. The van der Waals surface area contributed by atoms with Crippen LogP contribution in [0.15, 0.2) is 25.2 Å². The van der Waals surface area contributed by atoms with Gasteiger partial charge in [0, 0.05) is 14.1 Å². The number of hydrogen-bond donors (Lipinski definition) is 0. The molecule has 1 aromatic rings. The molecule has 8 heteroatoms. The van der Waals surface area contributed by atoms with Gasteiger partial charge in [0.2, 0.25) is 0 Å². The Balaban J connectivity index is 2.45. The molecule has 2 heterocycles. The molecule has 19 heavy (non-hydrogen) atoms. The van der Waals surface area contributed by atoms with Crippen molar-refractivity contribution in [2.24, 2.45) is 0 Å². The van der Waals surface area contributed by atoms with Gasteiger partial charge in [0.1, 0.15) is 11.3 Å². The molecular formula is C11H8Br2N2O3S. The molecule has 0 spiro atoms. The van der Waals surface area contributed by atoms with Gasteiger partial charge >= 0.3 is 0 Å². The van der Waals surface area contributed by atoms with Crippen molar-refractivity contribution in [2.75, 3.05) is 14.1 Å². The van der Waals surface area contributed by atoms with E-state index in [1.807, 2.05) is 0 Å². The Morgan fingerprint density at radius 3 is 2.16 bits per heavy atom. The summed E-state index contributed by atoms with van der Waals surface area (Å²) in [7, 11) is 3.05. The van der Waals surface area contributed by atoms with Gasteiger partial charge in [0.05, 0.1) is 4.47 Å². The highest BCUT2D eigenvalue weighted by atomic mass is 79.9. The third kappa shape index (κ3) is 2.52. The van der Waals surface area contributed by atoms with Crippen LogP contribution < -0.4 is 0 Å². The first-order chi connectivity index (χ1) is 8.82. The highest BCUT2D eigenvalue weighted by Gasteiger charge is 2.35. The van der Waals surface area contributed by atoms with Crippen LogP contribution in [0.25, 0.3) is 6.08 Å². The van der Waals surface area contributed by atoms with Crippen LogP contribution in [0.2, 0.25) is 0 Å². The highest BCUT2D eigenvalue weighted by molar-refractivity contribution is 9.13. The molecule has 0 saturated carbocycles. The fraction of sp³-hybridized carbons (Fsp3) is 0.182. The third-order valence-electron chi connectivity index (χ3n) is 2.59. The number of halogens is 2. The van der Waals surface area contributed by atoms with Gasteiger partial charge < -0.3 is 4.42 Å². The van der Waals surface area contributed by atoms with E-state index < -0.39 is 11.8 Å². The van der Waals surface area contributed by atoms with E-state index in [0.717, 1.165) is 0 Å². The Bertz CT molecular complexity index is 578. The fourth-order valence-electron chi connectivity index (χ4n) is 1.55. The summed E-state index contributed by atoms with van der Waals surface area (Å²) in [5.74, 6) is -0.501. The van der Waals surface area contributed by atoms with E-state index in [0.29, 0.717) is 14.9 Å². The monoisotopic (exact) mass is 406 g/mol. The molecule has 0 bridgehead atoms. The highest BCUT2D eigenvalue weighted by Crippen LogP contribution is 2.28. The fourth-order valence-corrected chi connectivity index (χ4v) is 2.33. The number of rotatable bonds is 1. The zero-order valence-electron chi connectivity index (χ0n) is 9.94. The largest absolute Gasteiger partial charge is 0.449 e. The predicted molar refractivity (Wildman–Crippen MR) is 80.2 cm³/mol. The van der Waals surface area contributed by atoms with Crippen molar-refractivity contribution < 1.29 is 14.0 Å². The van der Waals surface area contributed by atoms with Crippen molar-refractivity contribution in [2.45, 2.75) is 0 Å². The summed E-state index contributed by atoms with van der Waals surface area (Å²) in [5.41, 5.74) is 0.00681. The van der Waals surface area contributed by atoms with Gasteiger partial charge in [-0.05, 0) is 56.2 Å². The molecule has 2 amide bonds. The van der Waals surface area contributed by atoms with E-state index in [1.165, 1.54) is 30.0 Å². The molecule has 5 nitrogen and oxygen atoms in total. The Kier molecular flexibility index (Phi) is 3.93. The molecule has 0 unspecified atom stereocenters. The van der Waals surface area contributed by atoms with Gasteiger partial charge in [-0.2, -0.15) is 0 Å². The minimum Gasteiger partial charge on any atom is -0.449 e. The lowest BCUT2D eigenvalue weighted by molar-refractivity contribution is -0.132. The number of nitrogens with zero attached hydrogens (tertiary/aromatic N) is 2. The predicted octanol–water partition coefficient (Wildman–Crippen LogP) is 2.40. The van der Waals surface area contributed by atoms with Gasteiger partial charge in [0.15, 0.2) is 9.78 Å². The first-order valence-corrected chi connectivity index (χ1v) is 7.09. The van der Waals surface area contributed by atoms with Crippen molar-refractivity contribution in [1.29, 1.82) is 0 Å². The topological polar surface area (TPSA) is 53.8 Å². The van der Waals surface area contributed by atoms with Crippen LogP contribution in [-0.4, -0.2) is 40.8 Å². The quantitative estimate of drug-likeness (QED) is 0.407. The van der Waals surface area contributed by atoms with Crippen molar-refractivity contribution in [3.63, 3.8) is 0 Å². The molecule has 1 aromatic heterocycles. The molecule has 1 saturated heterocycles. The zero-order valence-corrected chi connectivity index (χ0v) is 13.9. The van der Waals surface area contributed by atoms with Gasteiger partial charge in [-0.25, -0.2) is 0 Å². The van der Waals surface area contributed by atoms with Crippen molar-refractivity contribution in [3.05, 3.63) is 26.5 Å². The van der Waals surface area contributed by atoms with E-state index >= 15 is 0 Å². The summed E-state index contributed by atoms with van der Waals surface area (Å²) in [5, 5.41) is 0.175. The Morgan fingerprint density at radius 1 is 1.21 bits per heavy atom. The van der Waals surface area contributed by atoms with Crippen LogP contribution in [0.1, 0.15) is 5.76 Å². The number of carbonyl (C=O) groups excluding carboxylic acids is 2. The van der Waals surface area contributed by atoms with Crippen LogP contribution in [0.4, 0.5) is 0 Å². The lowest BCUT2D eigenvalue weighted by Crippen LogP contribution is -2.52. The second-order valence-corrected chi connectivity index (χ2v) is 5.78. The lowest BCUT2D eigenvalue weighted by Gasteiger charge is -2.31. The molecule has 0 N–H and O–H groups in total. The lowest BCUT2D eigenvalue weighted by atomic mass is 10.1. The standard InChI is InChI=1S/C11H8Br2N2O3S/c1-14-9(16)6(10(17)15(2)11(14)19)3-5-4-7(12)8(13)18-5/h3-4H,1-2H3. The summed E-state index contributed by atoms with van der Waals surface area (Å²) in [6.45, 7) is 0. The van der Waals surface area contributed by atoms with Crippen molar-refractivity contribution in [1.82, 2.24) is 9.80 Å².